The van der Waals surface area contributed by atoms with E-state index in [2.05, 4.69) is 9.71 Å². The van der Waals surface area contributed by atoms with E-state index < -0.39 is 22.0 Å². The molecule has 0 saturated carbocycles. The standard InChI is InChI=1S/C15H16N2O5S/c1-10(11-5-7-16-8-6-11)17-23(20,21)14-9-12(15(18)19)3-4-13(14)22-2/h3-10,17H,1-2H3,(H,18,19)/t10-/m0/s1. The van der Waals surface area contributed by atoms with Gasteiger partial charge in [0.05, 0.1) is 12.7 Å². The quantitative estimate of drug-likeness (QED) is 0.833. The molecule has 2 N–H and O–H groups in total. The SMILES string of the molecule is COc1ccc(C(=O)O)cc1S(=O)(=O)N[C@@H](C)c1ccncc1. The molecule has 0 fully saturated rings. The number of ether oxygens (including phenoxy) is 1. The Balaban J connectivity index is 2.39. The zero-order chi connectivity index (χ0) is 17.0. The van der Waals surface area contributed by atoms with Gasteiger partial charge in [-0.05, 0) is 42.8 Å². The zero-order valence-electron chi connectivity index (χ0n) is 12.6. The fourth-order valence-electron chi connectivity index (χ4n) is 2.04. The van der Waals surface area contributed by atoms with Crippen molar-refractivity contribution < 1.29 is 23.1 Å². The topological polar surface area (TPSA) is 106 Å². The number of methoxy groups -OCH3 is 1. The molecule has 2 rings (SSSR count). The number of pyridine rings is 1. The van der Waals surface area contributed by atoms with Crippen molar-refractivity contribution in [3.63, 3.8) is 0 Å². The summed E-state index contributed by atoms with van der Waals surface area (Å²) in [5.41, 5.74) is 0.597. The van der Waals surface area contributed by atoms with E-state index in [1.54, 1.807) is 31.5 Å². The Bertz CT molecular complexity index is 806. The number of carboxylic acid groups (broad SMARTS) is 1. The largest absolute Gasteiger partial charge is 0.495 e. The van der Waals surface area contributed by atoms with Crippen molar-refractivity contribution in [1.82, 2.24) is 9.71 Å². The maximum atomic E-state index is 12.6. The molecular weight excluding hydrogens is 320 g/mol. The molecule has 7 nitrogen and oxygen atoms in total. The summed E-state index contributed by atoms with van der Waals surface area (Å²) in [5.74, 6) is -1.14. The molecule has 0 spiro atoms. The number of aromatic nitrogens is 1. The summed E-state index contributed by atoms with van der Waals surface area (Å²) < 4.78 is 32.7. The van der Waals surface area contributed by atoms with Crippen LogP contribution >= 0.6 is 0 Å². The number of hydrogen-bond donors (Lipinski definition) is 2. The number of aromatic carboxylic acids is 1. The minimum Gasteiger partial charge on any atom is -0.495 e. The van der Waals surface area contributed by atoms with Gasteiger partial charge in [0.25, 0.3) is 0 Å². The second kappa shape index (κ2) is 6.76. The van der Waals surface area contributed by atoms with Gasteiger partial charge in [-0.2, -0.15) is 0 Å². The van der Waals surface area contributed by atoms with Gasteiger partial charge in [0.2, 0.25) is 10.0 Å². The van der Waals surface area contributed by atoms with Gasteiger partial charge < -0.3 is 9.84 Å². The van der Waals surface area contributed by atoms with Crippen LogP contribution in [0.5, 0.6) is 5.75 Å². The minimum absolute atomic E-state index is 0.0735. The summed E-state index contributed by atoms with van der Waals surface area (Å²) in [6, 6.07) is 6.54. The van der Waals surface area contributed by atoms with Crippen molar-refractivity contribution >= 4 is 16.0 Å². The van der Waals surface area contributed by atoms with E-state index in [4.69, 9.17) is 9.84 Å². The van der Waals surface area contributed by atoms with Crippen LogP contribution in [0.2, 0.25) is 0 Å². The van der Waals surface area contributed by atoms with E-state index in [1.807, 2.05) is 0 Å². The molecule has 0 bridgehead atoms. The normalized spacial score (nSPS) is 12.6. The van der Waals surface area contributed by atoms with Gasteiger partial charge >= 0.3 is 5.97 Å². The van der Waals surface area contributed by atoms with Crippen LogP contribution in [-0.2, 0) is 10.0 Å². The van der Waals surface area contributed by atoms with E-state index in [9.17, 15) is 13.2 Å². The minimum atomic E-state index is -3.97. The first-order valence-corrected chi connectivity index (χ1v) is 8.17. The summed E-state index contributed by atoms with van der Waals surface area (Å²) in [6.07, 6.45) is 3.12. The van der Waals surface area contributed by atoms with Crippen LogP contribution in [0.15, 0.2) is 47.6 Å². The van der Waals surface area contributed by atoms with Gasteiger partial charge in [-0.1, -0.05) is 0 Å². The average molecular weight is 336 g/mol. The predicted octanol–water partition coefficient (Wildman–Crippen LogP) is 1.83. The van der Waals surface area contributed by atoms with Crippen molar-refractivity contribution in [3.8, 4) is 5.75 Å². The molecule has 1 heterocycles. The van der Waals surface area contributed by atoms with Crippen molar-refractivity contribution in [2.24, 2.45) is 0 Å². The Kier molecular flexibility index (Phi) is 4.97. The van der Waals surface area contributed by atoms with Crippen LogP contribution in [0.25, 0.3) is 0 Å². The molecule has 0 saturated heterocycles. The van der Waals surface area contributed by atoms with Crippen LogP contribution in [0.4, 0.5) is 0 Å². The molecule has 1 aromatic heterocycles. The Hall–Kier alpha value is -2.45. The van der Waals surface area contributed by atoms with E-state index in [-0.39, 0.29) is 16.2 Å². The van der Waals surface area contributed by atoms with Gasteiger partial charge in [0, 0.05) is 18.4 Å². The number of nitrogens with zero attached hydrogens (tertiary/aromatic N) is 1. The van der Waals surface area contributed by atoms with Gasteiger partial charge in [-0.3, -0.25) is 4.98 Å². The van der Waals surface area contributed by atoms with Crippen LogP contribution in [0, 0.1) is 0 Å². The molecule has 23 heavy (non-hydrogen) atoms. The lowest BCUT2D eigenvalue weighted by Gasteiger charge is -2.16. The Morgan fingerprint density at radius 2 is 1.91 bits per heavy atom. The number of rotatable bonds is 6. The molecule has 0 amide bonds. The monoisotopic (exact) mass is 336 g/mol. The molecule has 0 aliphatic heterocycles. The van der Waals surface area contributed by atoms with E-state index in [1.165, 1.54) is 19.2 Å². The van der Waals surface area contributed by atoms with Gasteiger partial charge in [0.15, 0.2) is 0 Å². The van der Waals surface area contributed by atoms with Crippen LogP contribution in [0.3, 0.4) is 0 Å². The van der Waals surface area contributed by atoms with Gasteiger partial charge in [0.1, 0.15) is 10.6 Å². The highest BCUT2D eigenvalue weighted by Gasteiger charge is 2.24. The zero-order valence-corrected chi connectivity index (χ0v) is 13.4. The van der Waals surface area contributed by atoms with Crippen molar-refractivity contribution in [1.29, 1.82) is 0 Å². The third-order valence-electron chi connectivity index (χ3n) is 3.24. The highest BCUT2D eigenvalue weighted by molar-refractivity contribution is 7.89. The first-order chi connectivity index (χ1) is 10.8. The molecule has 1 aromatic carbocycles. The lowest BCUT2D eigenvalue weighted by molar-refractivity contribution is 0.0696. The predicted molar refractivity (Wildman–Crippen MR) is 82.9 cm³/mol. The third-order valence-corrected chi connectivity index (χ3v) is 4.80. The van der Waals surface area contributed by atoms with Crippen LogP contribution in [0.1, 0.15) is 28.9 Å². The second-order valence-electron chi connectivity index (χ2n) is 4.79. The highest BCUT2D eigenvalue weighted by Crippen LogP contribution is 2.26. The van der Waals surface area contributed by atoms with E-state index >= 15 is 0 Å². The molecular formula is C15H16N2O5S. The molecule has 122 valence electrons. The molecule has 0 radical (unpaired) electrons. The lowest BCUT2D eigenvalue weighted by Crippen LogP contribution is -2.27. The van der Waals surface area contributed by atoms with Crippen molar-refractivity contribution in [2.45, 2.75) is 17.9 Å². The molecule has 0 aliphatic carbocycles. The Labute approximate surface area is 134 Å². The average Bonchev–Trinajstić information content (AvgIpc) is 2.54. The number of carboxylic acids is 1. The van der Waals surface area contributed by atoms with Gasteiger partial charge in [-0.25, -0.2) is 17.9 Å². The first-order valence-electron chi connectivity index (χ1n) is 6.68. The molecule has 0 unspecified atom stereocenters. The summed E-state index contributed by atoms with van der Waals surface area (Å²) in [4.78, 5) is 14.7. The molecule has 2 aromatic rings. The fraction of sp³-hybridized carbons (Fsp3) is 0.200. The maximum Gasteiger partial charge on any atom is 0.335 e. The summed E-state index contributed by atoms with van der Waals surface area (Å²) in [6.45, 7) is 1.68. The molecule has 0 aliphatic rings. The number of nitrogens with one attached hydrogen (secondary N) is 1. The summed E-state index contributed by atoms with van der Waals surface area (Å²) >= 11 is 0. The van der Waals surface area contributed by atoms with Crippen molar-refractivity contribution in [2.75, 3.05) is 7.11 Å². The van der Waals surface area contributed by atoms with Crippen molar-refractivity contribution in [3.05, 3.63) is 53.9 Å². The summed E-state index contributed by atoms with van der Waals surface area (Å²) in [5, 5.41) is 9.04. The highest BCUT2D eigenvalue weighted by atomic mass is 32.2. The van der Waals surface area contributed by atoms with Gasteiger partial charge in [-0.15, -0.1) is 0 Å². The van der Waals surface area contributed by atoms with E-state index in [0.29, 0.717) is 0 Å². The Morgan fingerprint density at radius 1 is 1.26 bits per heavy atom. The first kappa shape index (κ1) is 16.9. The number of hydrogen-bond acceptors (Lipinski definition) is 5. The molecule has 8 heteroatoms. The lowest BCUT2D eigenvalue weighted by atomic mass is 10.1. The summed E-state index contributed by atoms with van der Waals surface area (Å²) in [7, 11) is -2.64. The van der Waals surface area contributed by atoms with Crippen LogP contribution in [-0.4, -0.2) is 31.6 Å². The number of benzene rings is 1. The second-order valence-corrected chi connectivity index (χ2v) is 6.48. The van der Waals surface area contributed by atoms with E-state index in [0.717, 1.165) is 11.6 Å². The Morgan fingerprint density at radius 3 is 2.48 bits per heavy atom. The maximum absolute atomic E-state index is 12.6. The number of sulfonamides is 1. The fourth-order valence-corrected chi connectivity index (χ4v) is 3.46. The smallest absolute Gasteiger partial charge is 0.335 e. The number of carbonyl (C=O) groups is 1. The molecule has 1 atom stereocenters. The van der Waals surface area contributed by atoms with Crippen LogP contribution < -0.4 is 9.46 Å². The third kappa shape index (κ3) is 3.85.